The normalized spacial score (nSPS) is 19.8. The van der Waals surface area contributed by atoms with Gasteiger partial charge >= 0.3 is 0 Å². The van der Waals surface area contributed by atoms with Gasteiger partial charge in [0.1, 0.15) is 10.3 Å². The number of ether oxygens (including phenoxy) is 1. The Bertz CT molecular complexity index is 1340. The molecule has 1 aromatic carbocycles. The van der Waals surface area contributed by atoms with E-state index in [-0.39, 0.29) is 10.1 Å². The fraction of sp³-hybridized carbons (Fsp3) is 0.478. The fourth-order valence-corrected chi connectivity index (χ4v) is 9.40. The van der Waals surface area contributed by atoms with Crippen LogP contribution in [0.15, 0.2) is 39.0 Å². The fourth-order valence-electron chi connectivity index (χ4n) is 4.59. The third kappa shape index (κ3) is 5.65. The molecule has 3 aromatic rings. The molecule has 1 atom stereocenters. The largest absolute Gasteiger partial charge is 0.379 e. The summed E-state index contributed by atoms with van der Waals surface area (Å²) in [6, 6.07) is 8.14. The molecule has 2 saturated heterocycles. The van der Waals surface area contributed by atoms with Crippen molar-refractivity contribution in [2.45, 2.75) is 29.5 Å². The van der Waals surface area contributed by atoms with Crippen LogP contribution in [0.25, 0.3) is 10.2 Å². The second-order valence-electron chi connectivity index (χ2n) is 8.74. The maximum absolute atomic E-state index is 14.0. The summed E-state index contributed by atoms with van der Waals surface area (Å²) in [6.45, 7) is 4.80. The molecule has 2 aliphatic rings. The van der Waals surface area contributed by atoms with Crippen LogP contribution in [-0.4, -0.2) is 80.5 Å². The summed E-state index contributed by atoms with van der Waals surface area (Å²) in [5.74, 6) is -0.223. The van der Waals surface area contributed by atoms with Crippen molar-refractivity contribution in [1.82, 2.24) is 14.2 Å². The van der Waals surface area contributed by atoms with Gasteiger partial charge in [-0.1, -0.05) is 38.9 Å². The van der Waals surface area contributed by atoms with Crippen LogP contribution in [0.2, 0.25) is 4.34 Å². The molecule has 2 aromatic heterocycles. The number of sulfonamides is 1. The van der Waals surface area contributed by atoms with Gasteiger partial charge in [-0.15, -0.1) is 11.3 Å². The number of aromatic nitrogens is 1. The number of halogens is 2. The first-order valence-electron chi connectivity index (χ1n) is 11.8. The number of nitrogens with zero attached hydrogens (tertiary/aromatic N) is 4. The van der Waals surface area contributed by atoms with E-state index in [0.717, 1.165) is 65.3 Å². The van der Waals surface area contributed by atoms with Crippen molar-refractivity contribution in [3.05, 3.63) is 39.1 Å². The molecule has 194 valence electrons. The summed E-state index contributed by atoms with van der Waals surface area (Å²) in [6.07, 6.45) is 1.86. The summed E-state index contributed by atoms with van der Waals surface area (Å²) in [4.78, 5) is 22.8. The molecule has 2 fully saturated rings. The maximum atomic E-state index is 14.0. The van der Waals surface area contributed by atoms with Crippen molar-refractivity contribution in [3.8, 4) is 0 Å². The van der Waals surface area contributed by atoms with E-state index in [1.807, 2.05) is 18.2 Å². The minimum absolute atomic E-state index is 0.163. The molecular weight excluding hydrogens is 608 g/mol. The molecule has 0 bridgehead atoms. The predicted octanol–water partition coefficient (Wildman–Crippen LogP) is 4.68. The van der Waals surface area contributed by atoms with E-state index in [9.17, 15) is 13.2 Å². The number of rotatable bonds is 8. The molecule has 0 spiro atoms. The van der Waals surface area contributed by atoms with Gasteiger partial charge in [-0.25, -0.2) is 13.4 Å². The Morgan fingerprint density at radius 3 is 2.75 bits per heavy atom. The Morgan fingerprint density at radius 1 is 1.19 bits per heavy atom. The van der Waals surface area contributed by atoms with Crippen LogP contribution < -0.4 is 4.90 Å². The van der Waals surface area contributed by atoms with E-state index in [2.05, 4.69) is 20.8 Å². The Labute approximate surface area is 232 Å². The minimum atomic E-state index is -3.82. The molecule has 0 N–H and O–H groups in total. The van der Waals surface area contributed by atoms with Crippen molar-refractivity contribution in [2.24, 2.45) is 0 Å². The molecule has 1 unspecified atom stereocenters. The van der Waals surface area contributed by atoms with Crippen molar-refractivity contribution in [2.75, 3.05) is 50.8 Å². The highest BCUT2D eigenvalue weighted by Crippen LogP contribution is 2.35. The summed E-state index contributed by atoms with van der Waals surface area (Å²) in [7, 11) is -3.82. The first-order chi connectivity index (χ1) is 17.3. The summed E-state index contributed by atoms with van der Waals surface area (Å²) < 4.78 is 36.0. The Kier molecular flexibility index (Phi) is 8.33. The Hall–Kier alpha value is -1.12. The second-order valence-corrected chi connectivity index (χ2v) is 14.5. The number of hydrogen-bond acceptors (Lipinski definition) is 8. The molecular formula is C23H26BrClN4O4S3. The Morgan fingerprint density at radius 2 is 2.00 bits per heavy atom. The van der Waals surface area contributed by atoms with Crippen LogP contribution >= 0.6 is 50.2 Å². The van der Waals surface area contributed by atoms with Gasteiger partial charge in [-0.05, 0) is 49.6 Å². The number of morpholine rings is 1. The van der Waals surface area contributed by atoms with Crippen molar-refractivity contribution in [3.63, 3.8) is 0 Å². The molecule has 2 aliphatic heterocycles. The zero-order valence-electron chi connectivity index (χ0n) is 19.4. The first-order valence-corrected chi connectivity index (χ1v) is 16.0. The van der Waals surface area contributed by atoms with Crippen molar-refractivity contribution >= 4 is 81.5 Å². The Balaban J connectivity index is 1.41. The molecule has 0 radical (unpaired) electrons. The van der Waals surface area contributed by atoms with Gasteiger partial charge in [0.05, 0.1) is 27.8 Å². The van der Waals surface area contributed by atoms with Gasteiger partial charge in [0, 0.05) is 37.2 Å². The van der Waals surface area contributed by atoms with Crippen LogP contribution in [0.5, 0.6) is 0 Å². The smallest absolute Gasteiger partial charge is 0.253 e. The number of thiophene rings is 1. The molecule has 36 heavy (non-hydrogen) atoms. The third-order valence-corrected chi connectivity index (χ3v) is 11.5. The number of amides is 1. The summed E-state index contributed by atoms with van der Waals surface area (Å²) >= 11 is 12.0. The molecule has 4 heterocycles. The SMILES string of the molecule is O=C(C1CCCN1S(=O)(=O)c1ccc(Cl)s1)N(CCCN1CCOCC1)c1nc2ccc(Br)cc2s1. The van der Waals surface area contributed by atoms with Crippen LogP contribution in [0.4, 0.5) is 5.13 Å². The summed E-state index contributed by atoms with van der Waals surface area (Å²) in [5.41, 5.74) is 0.813. The lowest BCUT2D eigenvalue weighted by molar-refractivity contribution is -0.121. The molecule has 0 aliphatic carbocycles. The number of hydrogen-bond donors (Lipinski definition) is 0. The van der Waals surface area contributed by atoms with Gasteiger partial charge in [0.2, 0.25) is 5.91 Å². The number of fused-ring (bicyclic) bond motifs is 1. The molecule has 13 heteroatoms. The van der Waals surface area contributed by atoms with E-state index in [1.54, 1.807) is 11.0 Å². The average Bonchev–Trinajstić information content (AvgIpc) is 3.61. The monoisotopic (exact) mass is 632 g/mol. The highest BCUT2D eigenvalue weighted by atomic mass is 79.9. The van der Waals surface area contributed by atoms with Gasteiger partial charge in [-0.2, -0.15) is 4.31 Å². The topological polar surface area (TPSA) is 83.1 Å². The van der Waals surface area contributed by atoms with Crippen LogP contribution in [0, 0.1) is 0 Å². The van der Waals surface area contributed by atoms with Gasteiger partial charge < -0.3 is 4.74 Å². The lowest BCUT2D eigenvalue weighted by Gasteiger charge is -2.30. The number of carbonyl (C=O) groups excluding carboxylic acids is 1. The predicted molar refractivity (Wildman–Crippen MR) is 148 cm³/mol. The maximum Gasteiger partial charge on any atom is 0.253 e. The van der Waals surface area contributed by atoms with Gasteiger partial charge in [-0.3, -0.25) is 14.6 Å². The number of thiazole rings is 1. The van der Waals surface area contributed by atoms with Crippen LogP contribution in [0.3, 0.4) is 0 Å². The minimum Gasteiger partial charge on any atom is -0.379 e. The third-order valence-electron chi connectivity index (χ3n) is 6.40. The van der Waals surface area contributed by atoms with E-state index in [1.165, 1.54) is 21.7 Å². The first kappa shape index (κ1) is 26.5. The summed E-state index contributed by atoms with van der Waals surface area (Å²) in [5, 5.41) is 0.596. The van der Waals surface area contributed by atoms with E-state index < -0.39 is 16.1 Å². The van der Waals surface area contributed by atoms with Gasteiger partial charge in [0.15, 0.2) is 5.13 Å². The van der Waals surface area contributed by atoms with Crippen LogP contribution in [-0.2, 0) is 19.6 Å². The van der Waals surface area contributed by atoms with Crippen molar-refractivity contribution < 1.29 is 17.9 Å². The quantitative estimate of drug-likeness (QED) is 0.358. The molecule has 1 amide bonds. The van der Waals surface area contributed by atoms with E-state index in [0.29, 0.717) is 35.4 Å². The zero-order valence-corrected chi connectivity index (χ0v) is 24.2. The van der Waals surface area contributed by atoms with Crippen molar-refractivity contribution in [1.29, 1.82) is 0 Å². The van der Waals surface area contributed by atoms with Crippen LogP contribution in [0.1, 0.15) is 19.3 Å². The van der Waals surface area contributed by atoms with E-state index in [4.69, 9.17) is 21.3 Å². The number of carbonyl (C=O) groups is 1. The lowest BCUT2D eigenvalue weighted by atomic mass is 10.2. The lowest BCUT2D eigenvalue weighted by Crippen LogP contribution is -2.48. The average molecular weight is 634 g/mol. The molecule has 0 saturated carbocycles. The standard InChI is InChI=1S/C23H26BrClN4O4S3/c24-16-4-5-17-19(15-16)34-23(26-17)28(9-2-8-27-11-13-33-14-12-27)22(30)18-3-1-10-29(18)36(31,32)21-7-6-20(25)35-21/h4-7,15,18H,1-3,8-14H2. The molecule has 8 nitrogen and oxygen atoms in total. The second kappa shape index (κ2) is 11.3. The highest BCUT2D eigenvalue weighted by Gasteiger charge is 2.42. The van der Waals surface area contributed by atoms with E-state index >= 15 is 0 Å². The van der Waals surface area contributed by atoms with Gasteiger partial charge in [0.25, 0.3) is 10.0 Å². The zero-order chi connectivity index (χ0) is 25.3. The molecule has 5 rings (SSSR count). The highest BCUT2D eigenvalue weighted by molar-refractivity contribution is 9.10. The number of anilines is 1. The number of benzene rings is 1.